The molecule has 2 amide bonds. The first-order valence-electron chi connectivity index (χ1n) is 14.7. The number of carbonyl (C=O) groups is 2. The van der Waals surface area contributed by atoms with Gasteiger partial charge in [0.2, 0.25) is 0 Å². The highest BCUT2D eigenvalue weighted by molar-refractivity contribution is 7.99. The van der Waals surface area contributed by atoms with Crippen LogP contribution in [0.1, 0.15) is 90.7 Å². The van der Waals surface area contributed by atoms with Crippen molar-refractivity contribution >= 4 is 29.6 Å². The smallest absolute Gasteiger partial charge is 0.410 e. The van der Waals surface area contributed by atoms with Gasteiger partial charge in [-0.3, -0.25) is 4.79 Å². The fraction of sp³-hybridized carbons (Fsp3) is 0.677. The van der Waals surface area contributed by atoms with E-state index >= 15 is 0 Å². The van der Waals surface area contributed by atoms with Crippen LogP contribution >= 0.6 is 11.8 Å². The Morgan fingerprint density at radius 2 is 1.95 bits per heavy atom. The van der Waals surface area contributed by atoms with Gasteiger partial charge in [0.1, 0.15) is 28.6 Å². The first-order valence-corrected chi connectivity index (χ1v) is 15.8. The van der Waals surface area contributed by atoms with Crippen molar-refractivity contribution in [1.29, 1.82) is 0 Å². The summed E-state index contributed by atoms with van der Waals surface area (Å²) in [5.41, 5.74) is -0.466. The Balaban J connectivity index is 1.97. The minimum atomic E-state index is -0.591. The summed E-state index contributed by atoms with van der Waals surface area (Å²) in [5, 5.41) is 3.33. The first-order chi connectivity index (χ1) is 19.2. The van der Waals surface area contributed by atoms with Crippen LogP contribution in [0.2, 0.25) is 0 Å². The lowest BCUT2D eigenvalue weighted by atomic mass is 9.93. The standard InChI is InChI=1S/C31H49N5O4S/c1-10-41-20-22-14-23(19-35(18-22)29(38)40-31(7,8)9)36(17-21(2)3)27(37)25-16-33-28(30(4,5)6)34-26(25)32-15-24-12-11-13-39-24/h11-13,16,21-23H,10,14-15,17-20H2,1-9H3,(H,32,33,34). The van der Waals surface area contributed by atoms with Gasteiger partial charge < -0.3 is 24.3 Å². The van der Waals surface area contributed by atoms with Crippen molar-refractivity contribution in [3.05, 3.63) is 41.7 Å². The Bertz CT molecular complexity index is 1140. The molecule has 10 heteroatoms. The highest BCUT2D eigenvalue weighted by Crippen LogP contribution is 2.29. The number of furan rings is 1. The number of likely N-dealkylation sites (tertiary alicyclic amines) is 1. The van der Waals surface area contributed by atoms with Gasteiger partial charge in [0.15, 0.2) is 0 Å². The maximum atomic E-state index is 14.4. The van der Waals surface area contributed by atoms with Crippen LogP contribution in [0.25, 0.3) is 0 Å². The number of hydrogen-bond acceptors (Lipinski definition) is 8. The van der Waals surface area contributed by atoms with Crippen LogP contribution in [0.3, 0.4) is 0 Å². The van der Waals surface area contributed by atoms with E-state index in [-0.39, 0.29) is 35.3 Å². The van der Waals surface area contributed by atoms with Gasteiger partial charge in [0.05, 0.1) is 18.8 Å². The van der Waals surface area contributed by atoms with Gasteiger partial charge in [-0.2, -0.15) is 11.8 Å². The van der Waals surface area contributed by atoms with Crippen molar-refractivity contribution in [2.45, 2.75) is 92.3 Å². The largest absolute Gasteiger partial charge is 0.467 e. The van der Waals surface area contributed by atoms with E-state index in [9.17, 15) is 9.59 Å². The van der Waals surface area contributed by atoms with Gasteiger partial charge in [0, 0.05) is 31.2 Å². The van der Waals surface area contributed by atoms with E-state index in [0.29, 0.717) is 43.4 Å². The molecule has 2 aromatic rings. The zero-order chi connectivity index (χ0) is 30.4. The fourth-order valence-corrected chi connectivity index (χ4v) is 5.66. The van der Waals surface area contributed by atoms with Crippen LogP contribution in [-0.4, -0.2) is 74.6 Å². The SMILES string of the molecule is CCSCC1CC(N(CC(C)C)C(=O)c2cnc(C(C)(C)C)nc2NCc2ccco2)CN(C(=O)OC(C)(C)C)C1. The lowest BCUT2D eigenvalue weighted by molar-refractivity contribution is 0.00284. The van der Waals surface area contributed by atoms with Gasteiger partial charge in [-0.05, 0) is 62.7 Å². The van der Waals surface area contributed by atoms with Gasteiger partial charge >= 0.3 is 6.09 Å². The molecule has 1 N–H and O–H groups in total. The molecule has 0 saturated carbocycles. The summed E-state index contributed by atoms with van der Waals surface area (Å²) in [4.78, 5) is 40.7. The molecule has 1 aliphatic rings. The number of rotatable bonds is 10. The average Bonchev–Trinajstić information content (AvgIpc) is 3.41. The third-order valence-corrected chi connectivity index (χ3v) is 7.80. The van der Waals surface area contributed by atoms with Crippen molar-refractivity contribution in [2.75, 3.05) is 36.5 Å². The normalized spacial score (nSPS) is 18.0. The Labute approximate surface area is 250 Å². The highest BCUT2D eigenvalue weighted by Gasteiger charge is 2.38. The molecular formula is C31H49N5O4S. The van der Waals surface area contributed by atoms with Gasteiger partial charge in [-0.15, -0.1) is 0 Å². The van der Waals surface area contributed by atoms with Crippen LogP contribution < -0.4 is 5.32 Å². The van der Waals surface area contributed by atoms with Crippen molar-refractivity contribution in [1.82, 2.24) is 19.8 Å². The highest BCUT2D eigenvalue weighted by atomic mass is 32.2. The fourth-order valence-electron chi connectivity index (χ4n) is 4.85. The molecule has 41 heavy (non-hydrogen) atoms. The number of nitrogens with zero attached hydrogens (tertiary/aromatic N) is 4. The van der Waals surface area contributed by atoms with E-state index in [1.54, 1.807) is 17.4 Å². The quantitative estimate of drug-likeness (QED) is 0.338. The summed E-state index contributed by atoms with van der Waals surface area (Å²) in [5.74, 6) is 4.15. The van der Waals surface area contributed by atoms with Crippen LogP contribution in [0.5, 0.6) is 0 Å². The molecule has 3 rings (SSSR count). The van der Waals surface area contributed by atoms with Crippen molar-refractivity contribution < 1.29 is 18.7 Å². The van der Waals surface area contributed by atoms with Crippen LogP contribution in [-0.2, 0) is 16.7 Å². The number of anilines is 1. The molecule has 0 spiro atoms. The van der Waals surface area contributed by atoms with Crippen molar-refractivity contribution in [2.24, 2.45) is 11.8 Å². The summed E-state index contributed by atoms with van der Waals surface area (Å²) >= 11 is 1.86. The Morgan fingerprint density at radius 3 is 2.54 bits per heavy atom. The van der Waals surface area contributed by atoms with Crippen LogP contribution in [0.15, 0.2) is 29.0 Å². The molecule has 1 fully saturated rings. The molecule has 0 aromatic carbocycles. The zero-order valence-electron chi connectivity index (χ0n) is 26.3. The Kier molecular flexibility index (Phi) is 11.1. The summed E-state index contributed by atoms with van der Waals surface area (Å²) < 4.78 is 11.3. The maximum absolute atomic E-state index is 14.4. The first kappa shape index (κ1) is 32.8. The lowest BCUT2D eigenvalue weighted by Crippen LogP contribution is -2.56. The maximum Gasteiger partial charge on any atom is 0.410 e. The number of hydrogen-bond donors (Lipinski definition) is 1. The average molecular weight is 588 g/mol. The molecule has 0 aliphatic carbocycles. The molecule has 1 saturated heterocycles. The van der Waals surface area contributed by atoms with Crippen molar-refractivity contribution in [3.8, 4) is 0 Å². The lowest BCUT2D eigenvalue weighted by Gasteiger charge is -2.43. The molecule has 2 unspecified atom stereocenters. The minimum absolute atomic E-state index is 0.140. The second-order valence-corrected chi connectivity index (χ2v) is 14.6. The number of piperidine rings is 1. The van der Waals surface area contributed by atoms with Crippen LogP contribution in [0.4, 0.5) is 10.6 Å². The van der Waals surface area contributed by atoms with Crippen molar-refractivity contribution in [3.63, 3.8) is 0 Å². The predicted octanol–water partition coefficient (Wildman–Crippen LogP) is 6.46. The number of carbonyl (C=O) groups excluding carboxylic acids is 2. The van der Waals surface area contributed by atoms with E-state index in [1.165, 1.54) is 0 Å². The van der Waals surface area contributed by atoms with Gasteiger partial charge in [-0.1, -0.05) is 41.5 Å². The van der Waals surface area contributed by atoms with E-state index in [0.717, 1.165) is 23.7 Å². The molecule has 2 aromatic heterocycles. The van der Waals surface area contributed by atoms with E-state index < -0.39 is 5.60 Å². The number of thioether (sulfide) groups is 1. The molecule has 0 bridgehead atoms. The second kappa shape index (κ2) is 13.9. The molecule has 3 heterocycles. The number of nitrogens with one attached hydrogen (secondary N) is 1. The monoisotopic (exact) mass is 587 g/mol. The summed E-state index contributed by atoms with van der Waals surface area (Å²) in [6, 6.07) is 3.56. The van der Waals surface area contributed by atoms with Gasteiger partial charge in [-0.25, -0.2) is 14.8 Å². The predicted molar refractivity (Wildman–Crippen MR) is 165 cm³/mol. The number of amides is 2. The molecule has 0 radical (unpaired) electrons. The summed E-state index contributed by atoms with van der Waals surface area (Å²) in [6.45, 7) is 20.1. The molecule has 9 nitrogen and oxygen atoms in total. The molecule has 228 valence electrons. The summed E-state index contributed by atoms with van der Waals surface area (Å²) in [6.07, 6.45) is 3.76. The Morgan fingerprint density at radius 1 is 1.22 bits per heavy atom. The minimum Gasteiger partial charge on any atom is -0.467 e. The van der Waals surface area contributed by atoms with Gasteiger partial charge in [0.25, 0.3) is 5.91 Å². The molecule has 2 atom stereocenters. The zero-order valence-corrected chi connectivity index (χ0v) is 27.1. The van der Waals surface area contributed by atoms with E-state index in [4.69, 9.17) is 14.1 Å². The topological polar surface area (TPSA) is 101 Å². The molecule has 1 aliphatic heterocycles. The second-order valence-electron chi connectivity index (χ2n) is 13.3. The van der Waals surface area contributed by atoms with E-state index in [1.807, 2.05) is 70.3 Å². The number of aromatic nitrogens is 2. The number of ether oxygens (including phenoxy) is 1. The Hall–Kier alpha value is -2.75. The summed E-state index contributed by atoms with van der Waals surface area (Å²) in [7, 11) is 0. The third kappa shape index (κ3) is 9.65. The third-order valence-electron chi connectivity index (χ3n) is 6.69. The molecular weight excluding hydrogens is 538 g/mol. The van der Waals surface area contributed by atoms with E-state index in [2.05, 4.69) is 31.1 Å². The van der Waals surface area contributed by atoms with Crippen LogP contribution in [0, 0.1) is 11.8 Å².